The lowest BCUT2D eigenvalue weighted by Crippen LogP contribution is -2.45. The van der Waals surface area contributed by atoms with E-state index in [-0.39, 0.29) is 36.8 Å². The third kappa shape index (κ3) is 4.02. The average Bonchev–Trinajstić information content (AvgIpc) is 3.56. The van der Waals surface area contributed by atoms with Crippen LogP contribution in [-0.2, 0) is 14.3 Å². The first kappa shape index (κ1) is 20.4. The Labute approximate surface area is 184 Å². The van der Waals surface area contributed by atoms with E-state index in [1.165, 1.54) is 0 Å². The summed E-state index contributed by atoms with van der Waals surface area (Å²) in [6.07, 6.45) is -0.564. The van der Waals surface area contributed by atoms with Crippen molar-refractivity contribution in [3.63, 3.8) is 0 Å². The number of hydrogen-bond donors (Lipinski definition) is 1. The molecule has 0 radical (unpaired) electrons. The van der Waals surface area contributed by atoms with Crippen LogP contribution in [0.25, 0.3) is 11.4 Å². The number of rotatable bonds is 7. The van der Waals surface area contributed by atoms with Gasteiger partial charge in [0.05, 0.1) is 26.4 Å². The van der Waals surface area contributed by atoms with Crippen molar-refractivity contribution in [3.05, 3.63) is 54.6 Å². The molecule has 0 spiro atoms. The van der Waals surface area contributed by atoms with Crippen molar-refractivity contribution >= 4 is 5.91 Å². The maximum atomic E-state index is 12.4. The summed E-state index contributed by atoms with van der Waals surface area (Å²) >= 11 is 0. The normalized spacial score (nSPS) is 24.2. The summed E-state index contributed by atoms with van der Waals surface area (Å²) in [7, 11) is 1.61. The lowest BCUT2D eigenvalue weighted by Gasteiger charge is -2.18. The zero-order chi connectivity index (χ0) is 21.9. The van der Waals surface area contributed by atoms with E-state index in [0.29, 0.717) is 24.8 Å². The summed E-state index contributed by atoms with van der Waals surface area (Å²) in [6, 6.07) is 16.3. The van der Waals surface area contributed by atoms with Crippen LogP contribution in [0.1, 0.15) is 6.04 Å². The predicted molar refractivity (Wildman–Crippen MR) is 112 cm³/mol. The van der Waals surface area contributed by atoms with Crippen LogP contribution in [0.3, 0.4) is 0 Å². The predicted octanol–water partition coefficient (Wildman–Crippen LogP) is 1.25. The highest BCUT2D eigenvalue weighted by atomic mass is 16.6. The monoisotopic (exact) mass is 437 g/mol. The number of ether oxygens (including phenoxy) is 4. The number of benzene rings is 2. The second kappa shape index (κ2) is 8.93. The molecule has 3 aromatic rings. The van der Waals surface area contributed by atoms with E-state index < -0.39 is 0 Å². The number of nitrogens with zero attached hydrogens (tertiary/aromatic N) is 4. The summed E-state index contributed by atoms with van der Waals surface area (Å²) in [5.41, 5.74) is 0.832. The summed E-state index contributed by atoms with van der Waals surface area (Å²) in [4.78, 5) is 12.4. The molecule has 10 nitrogen and oxygen atoms in total. The molecule has 166 valence electrons. The Balaban J connectivity index is 1.24. The third-order valence-corrected chi connectivity index (χ3v) is 5.62. The van der Waals surface area contributed by atoms with Gasteiger partial charge < -0.3 is 24.3 Å². The Morgan fingerprint density at radius 2 is 1.91 bits per heavy atom. The van der Waals surface area contributed by atoms with Gasteiger partial charge in [0.25, 0.3) is 5.91 Å². The summed E-state index contributed by atoms with van der Waals surface area (Å²) in [5.74, 6) is 1.74. The fraction of sp³-hybridized carbons (Fsp3) is 0.364. The molecule has 2 aliphatic heterocycles. The lowest BCUT2D eigenvalue weighted by atomic mass is 10.1. The Bertz CT molecular complexity index is 1080. The molecule has 10 heteroatoms. The molecule has 2 fully saturated rings. The minimum absolute atomic E-state index is 0.0751. The number of tetrazole rings is 1. The molecular weight excluding hydrogens is 414 g/mol. The molecule has 2 saturated heterocycles. The number of fused-ring (bicyclic) bond motifs is 1. The minimum Gasteiger partial charge on any atom is -0.497 e. The minimum atomic E-state index is -0.289. The Morgan fingerprint density at radius 3 is 2.75 bits per heavy atom. The molecule has 2 aliphatic rings. The molecule has 0 saturated carbocycles. The molecule has 32 heavy (non-hydrogen) atoms. The van der Waals surface area contributed by atoms with E-state index >= 15 is 0 Å². The van der Waals surface area contributed by atoms with Crippen LogP contribution >= 0.6 is 0 Å². The second-order valence-corrected chi connectivity index (χ2v) is 7.62. The van der Waals surface area contributed by atoms with E-state index in [1.54, 1.807) is 23.9 Å². The number of nitrogens with one attached hydrogen (secondary N) is 1. The second-order valence-electron chi connectivity index (χ2n) is 7.62. The zero-order valence-electron chi connectivity index (χ0n) is 17.5. The number of aromatic nitrogens is 4. The van der Waals surface area contributed by atoms with Gasteiger partial charge in [-0.25, -0.2) is 4.68 Å². The number of carbonyl (C=O) groups excluding carboxylic acids is 1. The fourth-order valence-corrected chi connectivity index (χ4v) is 4.10. The first-order valence-corrected chi connectivity index (χ1v) is 10.4. The van der Waals surface area contributed by atoms with Gasteiger partial charge in [-0.05, 0) is 34.7 Å². The van der Waals surface area contributed by atoms with Gasteiger partial charge in [0.1, 0.15) is 29.7 Å². The largest absolute Gasteiger partial charge is 0.497 e. The van der Waals surface area contributed by atoms with Crippen LogP contribution in [0.4, 0.5) is 0 Å². The molecule has 0 bridgehead atoms. The van der Waals surface area contributed by atoms with Crippen LogP contribution in [0, 0.1) is 0 Å². The van der Waals surface area contributed by atoms with Crippen molar-refractivity contribution in [2.24, 2.45) is 0 Å². The number of hydrogen-bond acceptors (Lipinski definition) is 8. The molecule has 1 amide bonds. The number of amides is 1. The van der Waals surface area contributed by atoms with E-state index in [1.807, 2.05) is 42.5 Å². The summed E-state index contributed by atoms with van der Waals surface area (Å²) in [5, 5.41) is 15.2. The van der Waals surface area contributed by atoms with E-state index in [9.17, 15) is 4.79 Å². The zero-order valence-corrected chi connectivity index (χ0v) is 17.5. The van der Waals surface area contributed by atoms with Crippen molar-refractivity contribution in [2.75, 3.05) is 26.9 Å². The smallest absolute Gasteiger partial charge is 0.258 e. The topological polar surface area (TPSA) is 110 Å². The molecule has 2 aromatic carbocycles. The fourth-order valence-electron chi connectivity index (χ4n) is 4.10. The molecule has 0 aliphatic carbocycles. The maximum Gasteiger partial charge on any atom is 0.258 e. The van der Waals surface area contributed by atoms with Gasteiger partial charge in [-0.15, -0.1) is 5.10 Å². The van der Waals surface area contributed by atoms with Crippen molar-refractivity contribution in [3.8, 4) is 22.9 Å². The molecular formula is C22H23N5O5. The molecule has 1 aromatic heterocycles. The molecule has 5 rings (SSSR count). The summed E-state index contributed by atoms with van der Waals surface area (Å²) < 4.78 is 24.6. The average molecular weight is 437 g/mol. The highest BCUT2D eigenvalue weighted by Crippen LogP contribution is 2.36. The van der Waals surface area contributed by atoms with Gasteiger partial charge in [0.15, 0.2) is 12.4 Å². The maximum absolute atomic E-state index is 12.4. The Kier molecular flexibility index (Phi) is 5.70. The quantitative estimate of drug-likeness (QED) is 0.588. The lowest BCUT2D eigenvalue weighted by molar-refractivity contribution is -0.124. The molecule has 0 unspecified atom stereocenters. The van der Waals surface area contributed by atoms with Gasteiger partial charge in [-0.3, -0.25) is 4.79 Å². The summed E-state index contributed by atoms with van der Waals surface area (Å²) in [6.45, 7) is 0.651. The van der Waals surface area contributed by atoms with Crippen molar-refractivity contribution in [1.82, 2.24) is 25.5 Å². The van der Waals surface area contributed by atoms with Gasteiger partial charge in [0.2, 0.25) is 0 Å². The van der Waals surface area contributed by atoms with E-state index in [2.05, 4.69) is 20.8 Å². The standard InChI is InChI=1S/C22H23N5O5/c1-29-16-9-5-6-14(10-16)22-24-25-26-27(22)18-12-32-20-17(11-31-21(18)20)23-19(28)13-30-15-7-3-2-4-8-15/h2-10,17-18,20-21H,11-13H2,1H3,(H,23,28)/t17-,18+,20-,21+/m0/s1. The Hall–Kier alpha value is -3.50. The van der Waals surface area contributed by atoms with Gasteiger partial charge >= 0.3 is 0 Å². The first-order valence-electron chi connectivity index (χ1n) is 10.4. The van der Waals surface area contributed by atoms with E-state index in [4.69, 9.17) is 18.9 Å². The van der Waals surface area contributed by atoms with Crippen molar-refractivity contribution < 1.29 is 23.7 Å². The number of carbonyl (C=O) groups is 1. The van der Waals surface area contributed by atoms with Crippen LogP contribution in [0.15, 0.2) is 54.6 Å². The van der Waals surface area contributed by atoms with Crippen LogP contribution < -0.4 is 14.8 Å². The van der Waals surface area contributed by atoms with Crippen molar-refractivity contribution in [1.29, 1.82) is 0 Å². The van der Waals surface area contributed by atoms with Crippen molar-refractivity contribution in [2.45, 2.75) is 24.3 Å². The van der Waals surface area contributed by atoms with Gasteiger partial charge in [-0.2, -0.15) is 0 Å². The van der Waals surface area contributed by atoms with Crippen LogP contribution in [0.2, 0.25) is 0 Å². The van der Waals surface area contributed by atoms with Crippen LogP contribution in [0.5, 0.6) is 11.5 Å². The highest BCUT2D eigenvalue weighted by Gasteiger charge is 2.50. The molecule has 1 N–H and O–H groups in total. The number of methoxy groups -OCH3 is 1. The number of para-hydroxylation sites is 1. The SMILES string of the molecule is COc1cccc(-c2nnnn2[C@@H]2CO[C@@H]3[C@@H]2OC[C@@H]3NC(=O)COc2ccccc2)c1. The van der Waals surface area contributed by atoms with Gasteiger partial charge in [-0.1, -0.05) is 30.3 Å². The van der Waals surface area contributed by atoms with Crippen LogP contribution in [-0.4, -0.2) is 71.3 Å². The van der Waals surface area contributed by atoms with E-state index in [0.717, 1.165) is 11.3 Å². The van der Waals surface area contributed by atoms with Gasteiger partial charge in [0, 0.05) is 5.56 Å². The molecule has 3 heterocycles. The highest BCUT2D eigenvalue weighted by molar-refractivity contribution is 5.78. The third-order valence-electron chi connectivity index (χ3n) is 5.62. The molecule has 4 atom stereocenters. The first-order chi connectivity index (χ1) is 15.7. The Morgan fingerprint density at radius 1 is 1.09 bits per heavy atom.